The molecule has 2 aromatic carbocycles. The first-order valence-electron chi connectivity index (χ1n) is 6.07. The van der Waals surface area contributed by atoms with Gasteiger partial charge in [0.25, 0.3) is 0 Å². The number of rotatable bonds is 4. The van der Waals surface area contributed by atoms with E-state index in [1.165, 1.54) is 11.1 Å². The van der Waals surface area contributed by atoms with Gasteiger partial charge in [0.2, 0.25) is 0 Å². The third-order valence-electron chi connectivity index (χ3n) is 3.19. The molecule has 0 bridgehead atoms. The highest BCUT2D eigenvalue weighted by molar-refractivity contribution is 9.10. The first-order chi connectivity index (χ1) is 9.11. The van der Waals surface area contributed by atoms with Crippen molar-refractivity contribution in [2.24, 2.45) is 5.84 Å². The highest BCUT2D eigenvalue weighted by Gasteiger charge is 2.14. The van der Waals surface area contributed by atoms with Gasteiger partial charge in [0, 0.05) is 9.50 Å². The second-order valence-electron chi connectivity index (χ2n) is 4.52. The average molecular weight is 340 g/mol. The maximum absolute atomic E-state index is 6.20. The zero-order valence-corrected chi connectivity index (χ0v) is 13.0. The van der Waals surface area contributed by atoms with E-state index in [2.05, 4.69) is 40.4 Å². The summed E-state index contributed by atoms with van der Waals surface area (Å²) in [4.78, 5) is 0. The van der Waals surface area contributed by atoms with Gasteiger partial charge in [-0.15, -0.1) is 0 Å². The summed E-state index contributed by atoms with van der Waals surface area (Å²) in [5, 5.41) is 0.775. The van der Waals surface area contributed by atoms with E-state index in [9.17, 15) is 0 Å². The molecule has 0 aliphatic carbocycles. The summed E-state index contributed by atoms with van der Waals surface area (Å²) in [6.45, 7) is 2.08. The second-order valence-corrected chi connectivity index (χ2v) is 5.84. The minimum Gasteiger partial charge on any atom is -0.271 e. The van der Waals surface area contributed by atoms with Crippen molar-refractivity contribution in [3.8, 4) is 0 Å². The number of aryl methyl sites for hydroxylation is 1. The van der Waals surface area contributed by atoms with Gasteiger partial charge in [0.05, 0.1) is 6.04 Å². The van der Waals surface area contributed by atoms with Crippen LogP contribution in [-0.2, 0) is 6.42 Å². The molecule has 0 saturated carbocycles. The molecule has 0 amide bonds. The van der Waals surface area contributed by atoms with Crippen LogP contribution in [0.3, 0.4) is 0 Å². The molecule has 1 atom stereocenters. The van der Waals surface area contributed by atoms with Crippen molar-refractivity contribution in [1.29, 1.82) is 0 Å². The van der Waals surface area contributed by atoms with Gasteiger partial charge >= 0.3 is 0 Å². The summed E-state index contributed by atoms with van der Waals surface area (Å²) >= 11 is 9.67. The van der Waals surface area contributed by atoms with Gasteiger partial charge in [0.1, 0.15) is 0 Å². The van der Waals surface area contributed by atoms with Crippen LogP contribution in [0.4, 0.5) is 0 Å². The van der Waals surface area contributed by atoms with Crippen molar-refractivity contribution >= 4 is 27.5 Å². The lowest BCUT2D eigenvalue weighted by atomic mass is 9.96. The van der Waals surface area contributed by atoms with Crippen molar-refractivity contribution in [3.05, 3.63) is 68.7 Å². The molecule has 19 heavy (non-hydrogen) atoms. The fourth-order valence-electron chi connectivity index (χ4n) is 2.17. The fraction of sp³-hybridized carbons (Fsp3) is 0.200. The fourth-order valence-corrected chi connectivity index (χ4v) is 2.86. The van der Waals surface area contributed by atoms with Crippen LogP contribution in [0.5, 0.6) is 0 Å². The number of nitrogens with one attached hydrogen (secondary N) is 1. The Labute approximate surface area is 127 Å². The van der Waals surface area contributed by atoms with Gasteiger partial charge < -0.3 is 0 Å². The summed E-state index contributed by atoms with van der Waals surface area (Å²) in [5.41, 5.74) is 6.36. The average Bonchev–Trinajstić information content (AvgIpc) is 2.39. The molecule has 0 spiro atoms. The summed E-state index contributed by atoms with van der Waals surface area (Å²) in [7, 11) is 0. The molecule has 0 aliphatic rings. The second kappa shape index (κ2) is 6.53. The van der Waals surface area contributed by atoms with E-state index in [1.807, 2.05) is 30.3 Å². The molecule has 3 N–H and O–H groups in total. The molecule has 2 rings (SSSR count). The van der Waals surface area contributed by atoms with E-state index in [1.54, 1.807) is 0 Å². The first kappa shape index (κ1) is 14.5. The van der Waals surface area contributed by atoms with Crippen LogP contribution in [-0.4, -0.2) is 0 Å². The Hall–Kier alpha value is -0.870. The molecular weight excluding hydrogens is 324 g/mol. The molecule has 0 aromatic heterocycles. The zero-order chi connectivity index (χ0) is 13.8. The normalized spacial score (nSPS) is 12.4. The molecule has 0 heterocycles. The highest BCUT2D eigenvalue weighted by atomic mass is 79.9. The lowest BCUT2D eigenvalue weighted by Crippen LogP contribution is -2.30. The monoisotopic (exact) mass is 338 g/mol. The van der Waals surface area contributed by atoms with Crippen LogP contribution in [0.15, 0.2) is 46.9 Å². The van der Waals surface area contributed by atoms with Gasteiger partial charge in [-0.2, -0.15) is 0 Å². The zero-order valence-electron chi connectivity index (χ0n) is 10.7. The van der Waals surface area contributed by atoms with Crippen LogP contribution in [0, 0.1) is 6.92 Å². The Bertz CT molecular complexity index is 572. The molecule has 0 aliphatic heterocycles. The van der Waals surface area contributed by atoms with Crippen molar-refractivity contribution in [3.63, 3.8) is 0 Å². The van der Waals surface area contributed by atoms with Gasteiger partial charge in [-0.3, -0.25) is 11.3 Å². The standard InChI is InChI=1S/C15H16BrClN2/c1-10-8-12(16)6-7-13(10)15(19-18)9-11-4-2-3-5-14(11)17/h2-8,15,19H,9,18H2,1H3. The quantitative estimate of drug-likeness (QED) is 0.648. The number of hydrogen-bond acceptors (Lipinski definition) is 2. The van der Waals surface area contributed by atoms with Crippen LogP contribution in [0.1, 0.15) is 22.7 Å². The van der Waals surface area contributed by atoms with Gasteiger partial charge in [-0.25, -0.2) is 0 Å². The van der Waals surface area contributed by atoms with Crippen LogP contribution < -0.4 is 11.3 Å². The number of hydrogen-bond donors (Lipinski definition) is 2. The van der Waals surface area contributed by atoms with E-state index in [0.717, 1.165) is 21.5 Å². The third kappa shape index (κ3) is 3.57. The molecule has 2 nitrogen and oxygen atoms in total. The number of halogens is 2. The molecule has 0 fully saturated rings. The number of hydrazine groups is 1. The van der Waals surface area contributed by atoms with Crippen LogP contribution in [0.25, 0.3) is 0 Å². The summed E-state index contributed by atoms with van der Waals surface area (Å²) < 4.78 is 1.07. The highest BCUT2D eigenvalue weighted by Crippen LogP contribution is 2.26. The maximum Gasteiger partial charge on any atom is 0.0503 e. The predicted molar refractivity (Wildman–Crippen MR) is 84.1 cm³/mol. The topological polar surface area (TPSA) is 38.0 Å². The minimum atomic E-state index is 0.0491. The van der Waals surface area contributed by atoms with Crippen molar-refractivity contribution in [2.75, 3.05) is 0 Å². The van der Waals surface area contributed by atoms with Crippen molar-refractivity contribution in [2.45, 2.75) is 19.4 Å². The molecule has 0 radical (unpaired) electrons. The van der Waals surface area contributed by atoms with Gasteiger partial charge in [-0.1, -0.05) is 51.8 Å². The Balaban J connectivity index is 2.28. The van der Waals surface area contributed by atoms with Crippen molar-refractivity contribution < 1.29 is 0 Å². The van der Waals surface area contributed by atoms with E-state index < -0.39 is 0 Å². The van der Waals surface area contributed by atoms with Crippen LogP contribution in [0.2, 0.25) is 5.02 Å². The summed E-state index contributed by atoms with van der Waals surface area (Å²) in [6, 6.07) is 14.1. The van der Waals surface area contributed by atoms with E-state index >= 15 is 0 Å². The lowest BCUT2D eigenvalue weighted by Gasteiger charge is -2.19. The molecular formula is C15H16BrClN2. The molecule has 4 heteroatoms. The van der Waals surface area contributed by atoms with Crippen LogP contribution >= 0.6 is 27.5 Å². The van der Waals surface area contributed by atoms with E-state index in [-0.39, 0.29) is 6.04 Å². The molecule has 0 saturated heterocycles. The van der Waals surface area contributed by atoms with Gasteiger partial charge in [0.15, 0.2) is 0 Å². The smallest absolute Gasteiger partial charge is 0.0503 e. The largest absolute Gasteiger partial charge is 0.271 e. The first-order valence-corrected chi connectivity index (χ1v) is 7.24. The Morgan fingerprint density at radius 3 is 2.63 bits per heavy atom. The minimum absolute atomic E-state index is 0.0491. The Kier molecular flexibility index (Phi) is 4.99. The van der Waals surface area contributed by atoms with E-state index in [0.29, 0.717) is 0 Å². The molecule has 100 valence electrons. The van der Waals surface area contributed by atoms with Gasteiger partial charge in [-0.05, 0) is 48.2 Å². The number of benzene rings is 2. The third-order valence-corrected chi connectivity index (χ3v) is 4.05. The lowest BCUT2D eigenvalue weighted by molar-refractivity contribution is 0.549. The Morgan fingerprint density at radius 1 is 1.26 bits per heavy atom. The van der Waals surface area contributed by atoms with Crippen molar-refractivity contribution in [1.82, 2.24) is 5.43 Å². The summed E-state index contributed by atoms with van der Waals surface area (Å²) in [5.74, 6) is 5.70. The number of nitrogens with two attached hydrogens (primary N) is 1. The molecule has 2 aromatic rings. The van der Waals surface area contributed by atoms with E-state index in [4.69, 9.17) is 17.4 Å². The summed E-state index contributed by atoms with van der Waals surface area (Å²) in [6.07, 6.45) is 0.763. The Morgan fingerprint density at radius 2 is 2.00 bits per heavy atom. The molecule has 1 unspecified atom stereocenters. The predicted octanol–water partition coefficient (Wildman–Crippen LogP) is 4.16. The SMILES string of the molecule is Cc1cc(Br)ccc1C(Cc1ccccc1Cl)NN. The maximum atomic E-state index is 6.20.